The summed E-state index contributed by atoms with van der Waals surface area (Å²) < 4.78 is 5.18. The molecule has 10 heteroatoms. The highest BCUT2D eigenvalue weighted by molar-refractivity contribution is 14.0. The number of aromatic nitrogens is 3. The Morgan fingerprint density at radius 1 is 1.10 bits per heavy atom. The molecule has 164 valence electrons. The Hall–Kier alpha value is -2.53. The van der Waals surface area contributed by atoms with Crippen molar-refractivity contribution >= 4 is 47.2 Å². The van der Waals surface area contributed by atoms with Gasteiger partial charge in [0.25, 0.3) is 0 Å². The first-order valence-corrected chi connectivity index (χ1v) is 10.1. The summed E-state index contributed by atoms with van der Waals surface area (Å²) in [6.07, 6.45) is 0. The predicted octanol–water partition coefficient (Wildman–Crippen LogP) is 3.39. The van der Waals surface area contributed by atoms with Crippen molar-refractivity contribution in [3.05, 3.63) is 59.4 Å². The lowest BCUT2D eigenvalue weighted by Gasteiger charge is -2.36. The molecule has 3 aromatic rings. The molecule has 1 fully saturated rings. The minimum atomic E-state index is 0. The van der Waals surface area contributed by atoms with Crippen LogP contribution in [0.15, 0.2) is 53.5 Å². The van der Waals surface area contributed by atoms with Gasteiger partial charge in [0.1, 0.15) is 18.1 Å². The number of guanidine groups is 1. The van der Waals surface area contributed by atoms with E-state index < -0.39 is 0 Å². The molecule has 31 heavy (non-hydrogen) atoms. The molecule has 1 aliphatic heterocycles. The molecule has 8 nitrogen and oxygen atoms in total. The number of methoxy groups -OCH3 is 1. The van der Waals surface area contributed by atoms with Crippen LogP contribution in [-0.2, 0) is 6.54 Å². The molecule has 0 atom stereocenters. The molecular weight excluding hydrogens is 529 g/mol. The second kappa shape index (κ2) is 10.7. The Bertz CT molecular complexity index is 999. The third-order valence-electron chi connectivity index (χ3n) is 5.07. The van der Waals surface area contributed by atoms with Crippen LogP contribution in [0, 0.1) is 0 Å². The molecule has 0 aliphatic carbocycles. The summed E-state index contributed by atoms with van der Waals surface area (Å²) in [6, 6.07) is 15.5. The van der Waals surface area contributed by atoms with Gasteiger partial charge < -0.3 is 20.3 Å². The Labute approximate surface area is 203 Å². The molecular formula is C21H25ClIN7O. The van der Waals surface area contributed by atoms with Crippen molar-refractivity contribution in [2.24, 2.45) is 10.7 Å². The van der Waals surface area contributed by atoms with Gasteiger partial charge in [-0.2, -0.15) is 5.10 Å². The van der Waals surface area contributed by atoms with E-state index in [0.717, 1.165) is 42.5 Å². The summed E-state index contributed by atoms with van der Waals surface area (Å²) in [5.74, 6) is 2.61. The van der Waals surface area contributed by atoms with E-state index in [4.69, 9.17) is 22.1 Å². The van der Waals surface area contributed by atoms with E-state index >= 15 is 0 Å². The fourth-order valence-electron chi connectivity index (χ4n) is 3.34. The summed E-state index contributed by atoms with van der Waals surface area (Å²) >= 11 is 5.97. The van der Waals surface area contributed by atoms with Gasteiger partial charge in [-0.15, -0.1) is 24.0 Å². The van der Waals surface area contributed by atoms with Gasteiger partial charge in [0, 0.05) is 42.5 Å². The largest absolute Gasteiger partial charge is 0.497 e. The first-order valence-electron chi connectivity index (χ1n) is 9.73. The number of hydrogen-bond acceptors (Lipinski definition) is 5. The van der Waals surface area contributed by atoms with Gasteiger partial charge in [0.05, 0.1) is 7.11 Å². The number of aromatic amines is 1. The van der Waals surface area contributed by atoms with Crippen LogP contribution in [0.3, 0.4) is 0 Å². The van der Waals surface area contributed by atoms with Gasteiger partial charge in [-0.05, 0) is 48.5 Å². The number of nitrogens with zero attached hydrogens (tertiary/aromatic N) is 5. The van der Waals surface area contributed by atoms with Crippen molar-refractivity contribution in [3.8, 4) is 17.1 Å². The zero-order chi connectivity index (χ0) is 20.9. The molecule has 4 rings (SSSR count). The lowest BCUT2D eigenvalue weighted by molar-refractivity contribution is 0.380. The maximum Gasteiger partial charge on any atom is 0.191 e. The number of ether oxygens (including phenoxy) is 1. The van der Waals surface area contributed by atoms with E-state index in [2.05, 4.69) is 30.0 Å². The molecule has 1 aromatic heterocycles. The van der Waals surface area contributed by atoms with Crippen LogP contribution in [0.2, 0.25) is 5.02 Å². The Balaban J connectivity index is 0.00000272. The minimum Gasteiger partial charge on any atom is -0.497 e. The molecule has 0 unspecified atom stereocenters. The Morgan fingerprint density at radius 3 is 2.42 bits per heavy atom. The lowest BCUT2D eigenvalue weighted by Crippen LogP contribution is -2.51. The number of nitrogens with two attached hydrogens (primary N) is 1. The zero-order valence-electron chi connectivity index (χ0n) is 17.2. The fraction of sp³-hybridized carbons (Fsp3) is 0.286. The topological polar surface area (TPSA) is 95.7 Å². The van der Waals surface area contributed by atoms with Crippen molar-refractivity contribution in [2.45, 2.75) is 6.54 Å². The average molecular weight is 554 g/mol. The van der Waals surface area contributed by atoms with Crippen LogP contribution < -0.4 is 15.4 Å². The summed E-state index contributed by atoms with van der Waals surface area (Å²) in [5, 5.41) is 7.94. The van der Waals surface area contributed by atoms with Gasteiger partial charge >= 0.3 is 0 Å². The predicted molar refractivity (Wildman–Crippen MR) is 134 cm³/mol. The summed E-state index contributed by atoms with van der Waals surface area (Å²) in [7, 11) is 1.64. The molecule has 2 heterocycles. The quantitative estimate of drug-likeness (QED) is 0.286. The Kier molecular flexibility index (Phi) is 7.97. The fourth-order valence-corrected chi connectivity index (χ4v) is 3.46. The maximum atomic E-state index is 6.21. The van der Waals surface area contributed by atoms with Crippen LogP contribution in [0.5, 0.6) is 5.75 Å². The molecule has 0 bridgehead atoms. The molecule has 2 aromatic carbocycles. The highest BCUT2D eigenvalue weighted by Crippen LogP contribution is 2.20. The normalized spacial score (nSPS) is 14.3. The second-order valence-corrected chi connectivity index (χ2v) is 7.40. The number of halogens is 2. The highest BCUT2D eigenvalue weighted by Gasteiger charge is 2.18. The van der Waals surface area contributed by atoms with Crippen LogP contribution in [-0.4, -0.2) is 59.3 Å². The standard InChI is InChI=1S/C21H24ClN7O.HI/c1-30-18-8-2-15(3-9-18)20-25-19(26-27-20)14-24-21(23)29-12-10-28(11-13-29)17-6-4-16(22)5-7-17;/h2-9H,10-14H2,1H3,(H2,23,24)(H,25,26,27);1H. The van der Waals surface area contributed by atoms with E-state index in [9.17, 15) is 0 Å². The monoisotopic (exact) mass is 553 g/mol. The Morgan fingerprint density at radius 2 is 1.77 bits per heavy atom. The number of benzene rings is 2. The summed E-state index contributed by atoms with van der Waals surface area (Å²) in [6.45, 7) is 3.73. The molecule has 0 spiro atoms. The highest BCUT2D eigenvalue weighted by atomic mass is 127. The maximum absolute atomic E-state index is 6.21. The third-order valence-corrected chi connectivity index (χ3v) is 5.32. The first-order chi connectivity index (χ1) is 14.6. The number of anilines is 1. The number of piperazine rings is 1. The number of rotatable bonds is 5. The van der Waals surface area contributed by atoms with Crippen LogP contribution >= 0.6 is 35.6 Å². The lowest BCUT2D eigenvalue weighted by atomic mass is 10.2. The van der Waals surface area contributed by atoms with E-state index in [1.807, 2.05) is 48.5 Å². The second-order valence-electron chi connectivity index (χ2n) is 6.96. The molecule has 1 aliphatic rings. The SMILES string of the molecule is COc1ccc(-c2n[nH]c(CN=C(N)N3CCN(c4ccc(Cl)cc4)CC3)n2)cc1.I. The van der Waals surface area contributed by atoms with Crippen LogP contribution in [0.4, 0.5) is 5.69 Å². The van der Waals surface area contributed by atoms with Crippen molar-refractivity contribution in [1.29, 1.82) is 0 Å². The van der Waals surface area contributed by atoms with Gasteiger partial charge in [-0.1, -0.05) is 11.6 Å². The van der Waals surface area contributed by atoms with Gasteiger partial charge in [0.15, 0.2) is 11.8 Å². The number of nitrogens with one attached hydrogen (secondary N) is 1. The molecule has 0 amide bonds. The first kappa shape index (κ1) is 23.1. The summed E-state index contributed by atoms with van der Waals surface area (Å²) in [4.78, 5) is 13.4. The van der Waals surface area contributed by atoms with Crippen molar-refractivity contribution in [1.82, 2.24) is 20.1 Å². The van der Waals surface area contributed by atoms with Crippen LogP contribution in [0.25, 0.3) is 11.4 Å². The number of hydrogen-bond donors (Lipinski definition) is 2. The van der Waals surface area contributed by atoms with E-state index in [0.29, 0.717) is 24.2 Å². The third kappa shape index (κ3) is 5.79. The number of H-pyrrole nitrogens is 1. The van der Waals surface area contributed by atoms with E-state index in [-0.39, 0.29) is 24.0 Å². The number of aliphatic imine (C=N–C) groups is 1. The molecule has 3 N–H and O–H groups in total. The van der Waals surface area contributed by atoms with E-state index in [1.165, 1.54) is 5.69 Å². The van der Waals surface area contributed by atoms with E-state index in [1.54, 1.807) is 7.11 Å². The van der Waals surface area contributed by atoms with Gasteiger partial charge in [-0.3, -0.25) is 5.10 Å². The van der Waals surface area contributed by atoms with Gasteiger partial charge in [-0.25, -0.2) is 9.98 Å². The van der Waals surface area contributed by atoms with Crippen molar-refractivity contribution in [3.63, 3.8) is 0 Å². The molecule has 0 saturated carbocycles. The zero-order valence-corrected chi connectivity index (χ0v) is 20.2. The molecule has 1 saturated heterocycles. The van der Waals surface area contributed by atoms with Crippen molar-refractivity contribution in [2.75, 3.05) is 38.2 Å². The average Bonchev–Trinajstić information content (AvgIpc) is 3.27. The van der Waals surface area contributed by atoms with Gasteiger partial charge in [0.2, 0.25) is 0 Å². The smallest absolute Gasteiger partial charge is 0.191 e. The van der Waals surface area contributed by atoms with Crippen LogP contribution in [0.1, 0.15) is 5.82 Å². The summed E-state index contributed by atoms with van der Waals surface area (Å²) in [5.41, 5.74) is 8.29. The van der Waals surface area contributed by atoms with Crippen molar-refractivity contribution < 1.29 is 4.74 Å². The minimum absolute atomic E-state index is 0. The molecule has 0 radical (unpaired) electrons.